The number of aliphatic hydroxyl groups excluding tert-OH is 1. The Bertz CT molecular complexity index is 455. The van der Waals surface area contributed by atoms with Crippen LogP contribution in [0.4, 0.5) is 4.79 Å². The van der Waals surface area contributed by atoms with E-state index >= 15 is 0 Å². The van der Waals surface area contributed by atoms with Gasteiger partial charge in [0.25, 0.3) is 0 Å². The zero-order chi connectivity index (χ0) is 14.6. The van der Waals surface area contributed by atoms with Gasteiger partial charge in [-0.2, -0.15) is 0 Å². The number of hydrogen-bond acceptors (Lipinski definition) is 3. The number of aliphatic hydroxyl groups is 1. The summed E-state index contributed by atoms with van der Waals surface area (Å²) >= 11 is 0. The zero-order valence-electron chi connectivity index (χ0n) is 12.1. The van der Waals surface area contributed by atoms with E-state index < -0.39 is 11.7 Å². The third-order valence-electron chi connectivity index (χ3n) is 3.67. The molecule has 0 bridgehead atoms. The van der Waals surface area contributed by atoms with Crippen LogP contribution in [0.25, 0.3) is 0 Å². The van der Waals surface area contributed by atoms with Gasteiger partial charge in [-0.05, 0) is 49.8 Å². The Morgan fingerprint density at radius 1 is 1.47 bits per heavy atom. The fraction of sp³-hybridized carbons (Fsp3) is 0.533. The maximum Gasteiger partial charge on any atom is 0.405 e. The molecule has 0 aliphatic rings. The number of ether oxygens (including phenoxy) is 1. The second kappa shape index (κ2) is 6.06. The number of amides is 1. The number of benzene rings is 1. The molecule has 0 saturated carbocycles. The average molecular weight is 265 g/mol. The zero-order valence-corrected chi connectivity index (χ0v) is 12.1. The van der Waals surface area contributed by atoms with Gasteiger partial charge in [0, 0.05) is 0 Å². The molecular formula is C15H23NO3. The summed E-state index contributed by atoms with van der Waals surface area (Å²) in [7, 11) is 0. The molecular weight excluding hydrogens is 242 g/mol. The number of rotatable bonds is 5. The first-order valence-electron chi connectivity index (χ1n) is 6.44. The Hall–Kier alpha value is -1.55. The highest BCUT2D eigenvalue weighted by Crippen LogP contribution is 2.26. The van der Waals surface area contributed by atoms with E-state index in [4.69, 9.17) is 15.6 Å². The topological polar surface area (TPSA) is 72.6 Å². The van der Waals surface area contributed by atoms with Crippen LogP contribution >= 0.6 is 0 Å². The van der Waals surface area contributed by atoms with Gasteiger partial charge < -0.3 is 15.6 Å². The standard InChI is InChI=1S/C15H23NO3/c1-10-7-12(9-17)5-6-13(10)8-11(2)15(3,4)19-14(16)18/h5-7,11,17H,8-9H2,1-4H3,(H2,16,18). The summed E-state index contributed by atoms with van der Waals surface area (Å²) in [5, 5.41) is 9.09. The van der Waals surface area contributed by atoms with Gasteiger partial charge in [-0.15, -0.1) is 0 Å². The van der Waals surface area contributed by atoms with Crippen LogP contribution in [0, 0.1) is 12.8 Å². The summed E-state index contributed by atoms with van der Waals surface area (Å²) in [6, 6.07) is 5.90. The number of aryl methyl sites for hydroxylation is 1. The molecule has 0 aliphatic carbocycles. The lowest BCUT2D eigenvalue weighted by Gasteiger charge is -2.31. The van der Waals surface area contributed by atoms with Gasteiger partial charge in [0.05, 0.1) is 6.61 Å². The molecule has 4 heteroatoms. The molecule has 3 N–H and O–H groups in total. The van der Waals surface area contributed by atoms with Crippen LogP contribution < -0.4 is 5.73 Å². The molecule has 0 spiro atoms. The fourth-order valence-corrected chi connectivity index (χ4v) is 2.02. The van der Waals surface area contributed by atoms with Gasteiger partial charge >= 0.3 is 6.09 Å². The average Bonchev–Trinajstić information content (AvgIpc) is 2.29. The molecule has 0 aromatic heterocycles. The Morgan fingerprint density at radius 3 is 2.58 bits per heavy atom. The SMILES string of the molecule is Cc1cc(CO)ccc1CC(C)C(C)(C)OC(N)=O. The van der Waals surface area contributed by atoms with Gasteiger partial charge in [0.2, 0.25) is 0 Å². The van der Waals surface area contributed by atoms with Crippen molar-refractivity contribution in [2.45, 2.75) is 46.3 Å². The number of carbonyl (C=O) groups is 1. The minimum absolute atomic E-state index is 0.0486. The first-order valence-corrected chi connectivity index (χ1v) is 6.44. The second-order valence-corrected chi connectivity index (χ2v) is 5.55. The van der Waals surface area contributed by atoms with Gasteiger partial charge in [0.1, 0.15) is 5.60 Å². The first kappa shape index (κ1) is 15.5. The van der Waals surface area contributed by atoms with Gasteiger partial charge in [-0.3, -0.25) is 0 Å². The van der Waals surface area contributed by atoms with E-state index in [9.17, 15) is 4.79 Å². The van der Waals surface area contributed by atoms with Crippen molar-refractivity contribution in [3.05, 3.63) is 34.9 Å². The van der Waals surface area contributed by atoms with Gasteiger partial charge in [-0.1, -0.05) is 25.1 Å². The van der Waals surface area contributed by atoms with Crippen LogP contribution in [-0.2, 0) is 17.8 Å². The lowest BCUT2D eigenvalue weighted by atomic mass is 9.85. The van der Waals surface area contributed by atoms with E-state index in [-0.39, 0.29) is 12.5 Å². The van der Waals surface area contributed by atoms with Crippen LogP contribution in [0.3, 0.4) is 0 Å². The summed E-state index contributed by atoms with van der Waals surface area (Å²) in [5.41, 5.74) is 7.71. The van der Waals surface area contributed by atoms with Crippen LogP contribution in [0.2, 0.25) is 0 Å². The largest absolute Gasteiger partial charge is 0.443 e. The number of hydrogen-bond donors (Lipinski definition) is 2. The fourth-order valence-electron chi connectivity index (χ4n) is 2.02. The van der Waals surface area contributed by atoms with Gasteiger partial charge in [-0.25, -0.2) is 4.79 Å². The molecule has 0 saturated heterocycles. The molecule has 19 heavy (non-hydrogen) atoms. The predicted octanol–water partition coefficient (Wildman–Crippen LogP) is 2.54. The van der Waals surface area contributed by atoms with Crippen molar-refractivity contribution >= 4 is 6.09 Å². The maximum atomic E-state index is 10.9. The molecule has 4 nitrogen and oxygen atoms in total. The lowest BCUT2D eigenvalue weighted by molar-refractivity contribution is 0.00475. The lowest BCUT2D eigenvalue weighted by Crippen LogP contribution is -2.38. The summed E-state index contributed by atoms with van der Waals surface area (Å²) in [6.45, 7) is 7.82. The highest BCUT2D eigenvalue weighted by Gasteiger charge is 2.29. The van der Waals surface area contributed by atoms with E-state index in [0.717, 1.165) is 17.5 Å². The van der Waals surface area contributed by atoms with E-state index in [2.05, 4.69) is 0 Å². The molecule has 106 valence electrons. The number of carbonyl (C=O) groups excluding carboxylic acids is 1. The highest BCUT2D eigenvalue weighted by molar-refractivity contribution is 5.65. The van der Waals surface area contributed by atoms with Crippen LogP contribution in [0.1, 0.15) is 37.5 Å². The van der Waals surface area contributed by atoms with Crippen molar-refractivity contribution in [1.82, 2.24) is 0 Å². The smallest absolute Gasteiger partial charge is 0.405 e. The number of primary amides is 1. The van der Waals surface area contributed by atoms with Crippen LogP contribution in [0.15, 0.2) is 18.2 Å². The molecule has 1 amide bonds. The van der Waals surface area contributed by atoms with E-state index in [1.165, 1.54) is 5.56 Å². The first-order chi connectivity index (χ1) is 8.76. The third kappa shape index (κ3) is 4.24. The van der Waals surface area contributed by atoms with Crippen LogP contribution in [0.5, 0.6) is 0 Å². The quantitative estimate of drug-likeness (QED) is 0.859. The molecule has 0 fully saturated rings. The molecule has 1 atom stereocenters. The van der Waals surface area contributed by atoms with Crippen molar-refractivity contribution in [3.8, 4) is 0 Å². The summed E-state index contributed by atoms with van der Waals surface area (Å²) < 4.78 is 5.16. The highest BCUT2D eigenvalue weighted by atomic mass is 16.6. The van der Waals surface area contributed by atoms with E-state index in [0.29, 0.717) is 0 Å². The monoisotopic (exact) mass is 265 g/mol. The molecule has 1 aromatic carbocycles. The van der Waals surface area contributed by atoms with Crippen molar-refractivity contribution < 1.29 is 14.6 Å². The Labute approximate surface area is 114 Å². The summed E-state index contributed by atoms with van der Waals surface area (Å²) in [6.07, 6.45) is 0.0434. The van der Waals surface area contributed by atoms with Crippen LogP contribution in [-0.4, -0.2) is 16.8 Å². The number of nitrogens with two attached hydrogens (primary N) is 1. The predicted molar refractivity (Wildman–Crippen MR) is 74.7 cm³/mol. The summed E-state index contributed by atoms with van der Waals surface area (Å²) in [4.78, 5) is 10.9. The molecule has 1 unspecified atom stereocenters. The molecule has 0 radical (unpaired) electrons. The van der Waals surface area contributed by atoms with E-state index in [1.54, 1.807) is 0 Å². The van der Waals surface area contributed by atoms with Crippen molar-refractivity contribution in [1.29, 1.82) is 0 Å². The Morgan fingerprint density at radius 2 is 2.11 bits per heavy atom. The molecule has 0 aliphatic heterocycles. The normalized spacial score (nSPS) is 13.1. The van der Waals surface area contributed by atoms with Crippen molar-refractivity contribution in [2.75, 3.05) is 0 Å². The maximum absolute atomic E-state index is 10.9. The van der Waals surface area contributed by atoms with E-state index in [1.807, 2.05) is 45.9 Å². The van der Waals surface area contributed by atoms with Crippen molar-refractivity contribution in [3.63, 3.8) is 0 Å². The minimum atomic E-state index is -0.746. The van der Waals surface area contributed by atoms with Gasteiger partial charge in [0.15, 0.2) is 0 Å². The Balaban J connectivity index is 2.81. The molecule has 1 aromatic rings. The molecule has 0 heterocycles. The summed E-state index contributed by atoms with van der Waals surface area (Å²) in [5.74, 6) is 0.138. The Kier molecular flexibility index (Phi) is 4.95. The molecule has 1 rings (SSSR count). The third-order valence-corrected chi connectivity index (χ3v) is 3.67. The minimum Gasteiger partial charge on any atom is -0.443 e. The second-order valence-electron chi connectivity index (χ2n) is 5.55. The van der Waals surface area contributed by atoms with Crippen molar-refractivity contribution in [2.24, 2.45) is 11.7 Å².